The molecular weight excluding hydrogens is 441 g/mol. The normalized spacial score (nSPS) is 18.0. The Bertz CT molecular complexity index is 637. The Balaban J connectivity index is 1.95. The van der Waals surface area contributed by atoms with Gasteiger partial charge in [0.2, 0.25) is 0 Å². The van der Waals surface area contributed by atoms with Crippen LogP contribution in [0.2, 0.25) is 0 Å². The van der Waals surface area contributed by atoms with Gasteiger partial charge in [-0.25, -0.2) is 9.65 Å². The monoisotopic (exact) mass is 465 g/mol. The lowest BCUT2D eigenvalue weighted by Crippen LogP contribution is -2.29. The second-order valence-electron chi connectivity index (χ2n) is 5.93. The lowest BCUT2D eigenvalue weighted by molar-refractivity contribution is -0.147. The first kappa shape index (κ1) is 22.3. The van der Waals surface area contributed by atoms with Crippen LogP contribution in [0.25, 0.3) is 0 Å². The Morgan fingerprint density at radius 2 is 2.00 bits per heavy atom. The minimum atomic E-state index is -3.85. The van der Waals surface area contributed by atoms with Gasteiger partial charge in [-0.05, 0) is 37.6 Å². The van der Waals surface area contributed by atoms with Crippen LogP contribution in [0.15, 0.2) is 28.7 Å². The maximum atomic E-state index is 13.1. The summed E-state index contributed by atoms with van der Waals surface area (Å²) < 4.78 is 40.6. The third kappa shape index (κ3) is 8.29. The van der Waals surface area contributed by atoms with Crippen LogP contribution in [0.5, 0.6) is 5.75 Å². The molecule has 0 spiro atoms. The smallest absolute Gasteiger partial charge is 0.459 e. The van der Waals surface area contributed by atoms with Crippen LogP contribution >= 0.6 is 23.7 Å². The van der Waals surface area contributed by atoms with Crippen molar-refractivity contribution in [3.05, 3.63) is 28.7 Å². The topological polar surface area (TPSA) is 92.3 Å². The average Bonchev–Trinajstić information content (AvgIpc) is 3.14. The molecule has 1 heterocycles. The van der Waals surface area contributed by atoms with Crippen molar-refractivity contribution in [2.45, 2.75) is 39.1 Å². The Labute approximate surface area is 167 Å². The average molecular weight is 466 g/mol. The molecule has 2 rings (SSSR count). The number of ether oxygens (including phenoxy) is 3. The van der Waals surface area contributed by atoms with Crippen LogP contribution in [-0.2, 0) is 28.1 Å². The summed E-state index contributed by atoms with van der Waals surface area (Å²) in [5.41, 5.74) is 0. The third-order valence-electron chi connectivity index (χ3n) is 3.56. The number of esters is 1. The maximum Gasteiger partial charge on any atom is 0.459 e. The largest absolute Gasteiger partial charge is 0.462 e. The number of carbonyl (C=O) groups is 1. The zero-order chi connectivity index (χ0) is 19.7. The molecule has 0 radical (unpaired) electrons. The Kier molecular flexibility index (Phi) is 9.21. The van der Waals surface area contributed by atoms with Gasteiger partial charge in [0, 0.05) is 4.47 Å². The number of carbonyl (C=O) groups excluding carboxylic acids is 1. The summed E-state index contributed by atoms with van der Waals surface area (Å²) in [5.74, 6) is -0.206. The van der Waals surface area contributed by atoms with E-state index in [0.717, 1.165) is 17.3 Å². The fourth-order valence-corrected chi connectivity index (χ4v) is 3.81. The summed E-state index contributed by atoms with van der Waals surface area (Å²) in [6.45, 7) is 4.30. The Morgan fingerprint density at radius 1 is 1.33 bits per heavy atom. The number of hydrogen-bond donors (Lipinski definition) is 1. The standard InChI is InChI=1S/C17H25BrNO7P/c1-3-4-13(2)25-16(20)11-19-27(21,24-12-17-22-9-10-23-17)26-15-7-5-14(18)6-8-15/h5-8,13,17H,3-4,9-12H2,1-2H3,(H,19,21)/t13-,27?/m0/s1. The molecule has 0 aliphatic carbocycles. The van der Waals surface area contributed by atoms with E-state index >= 15 is 0 Å². The van der Waals surface area contributed by atoms with Crippen molar-refractivity contribution >= 4 is 29.6 Å². The molecule has 1 aliphatic rings. The van der Waals surface area contributed by atoms with E-state index in [4.69, 9.17) is 23.3 Å². The molecule has 152 valence electrons. The van der Waals surface area contributed by atoms with E-state index in [0.29, 0.717) is 19.0 Å². The summed E-state index contributed by atoms with van der Waals surface area (Å²) >= 11 is 3.32. The fourth-order valence-electron chi connectivity index (χ4n) is 2.29. The van der Waals surface area contributed by atoms with Gasteiger partial charge in [-0.2, -0.15) is 0 Å². The van der Waals surface area contributed by atoms with Crippen molar-refractivity contribution in [2.75, 3.05) is 26.4 Å². The summed E-state index contributed by atoms with van der Waals surface area (Å²) in [6, 6.07) is 6.74. The van der Waals surface area contributed by atoms with Crippen LogP contribution in [-0.4, -0.2) is 44.7 Å². The number of halogens is 1. The van der Waals surface area contributed by atoms with Gasteiger partial charge in [0.05, 0.1) is 19.3 Å². The predicted octanol–water partition coefficient (Wildman–Crippen LogP) is 3.65. The highest BCUT2D eigenvalue weighted by Gasteiger charge is 2.30. The zero-order valence-corrected chi connectivity index (χ0v) is 17.9. The molecule has 1 saturated heterocycles. The van der Waals surface area contributed by atoms with Crippen molar-refractivity contribution in [1.29, 1.82) is 0 Å². The maximum absolute atomic E-state index is 13.1. The lowest BCUT2D eigenvalue weighted by Gasteiger charge is -2.21. The van der Waals surface area contributed by atoms with Gasteiger partial charge in [-0.1, -0.05) is 29.3 Å². The van der Waals surface area contributed by atoms with Crippen molar-refractivity contribution in [3.63, 3.8) is 0 Å². The highest BCUT2D eigenvalue weighted by Crippen LogP contribution is 2.44. The van der Waals surface area contributed by atoms with Gasteiger partial charge in [0.25, 0.3) is 0 Å². The first-order valence-corrected chi connectivity index (χ1v) is 11.1. The van der Waals surface area contributed by atoms with E-state index < -0.39 is 20.0 Å². The van der Waals surface area contributed by atoms with Crippen LogP contribution in [0.4, 0.5) is 0 Å². The molecule has 0 amide bonds. The number of hydrogen-bond acceptors (Lipinski definition) is 7. The molecule has 1 fully saturated rings. The summed E-state index contributed by atoms with van der Waals surface area (Å²) in [6.07, 6.45) is 0.825. The molecule has 0 aromatic heterocycles. The SMILES string of the molecule is CCC[C@H](C)OC(=O)CNP(=O)(OCC1OCCO1)Oc1ccc(Br)cc1. The molecular formula is C17H25BrNO7P. The van der Waals surface area contributed by atoms with Crippen LogP contribution < -0.4 is 9.61 Å². The van der Waals surface area contributed by atoms with Crippen LogP contribution in [0.1, 0.15) is 26.7 Å². The molecule has 2 atom stereocenters. The first-order chi connectivity index (χ1) is 12.9. The van der Waals surface area contributed by atoms with Gasteiger partial charge in [0.1, 0.15) is 18.9 Å². The Morgan fingerprint density at radius 3 is 2.63 bits per heavy atom. The summed E-state index contributed by atoms with van der Waals surface area (Å²) in [5, 5.41) is 2.54. The molecule has 1 aromatic rings. The predicted molar refractivity (Wildman–Crippen MR) is 102 cm³/mol. The lowest BCUT2D eigenvalue weighted by atomic mass is 10.2. The van der Waals surface area contributed by atoms with Gasteiger partial charge in [-0.15, -0.1) is 0 Å². The van der Waals surface area contributed by atoms with Crippen molar-refractivity contribution in [3.8, 4) is 5.75 Å². The first-order valence-electron chi connectivity index (χ1n) is 8.78. The number of rotatable bonds is 11. The fraction of sp³-hybridized carbons (Fsp3) is 0.588. The minimum Gasteiger partial charge on any atom is -0.462 e. The van der Waals surface area contributed by atoms with E-state index in [-0.39, 0.29) is 19.3 Å². The van der Waals surface area contributed by atoms with Crippen molar-refractivity contribution in [2.24, 2.45) is 0 Å². The molecule has 1 aromatic carbocycles. The van der Waals surface area contributed by atoms with E-state index in [1.165, 1.54) is 0 Å². The molecule has 0 bridgehead atoms. The zero-order valence-electron chi connectivity index (χ0n) is 15.4. The highest BCUT2D eigenvalue weighted by molar-refractivity contribution is 9.10. The summed E-state index contributed by atoms with van der Waals surface area (Å²) in [4.78, 5) is 12.0. The van der Waals surface area contributed by atoms with Crippen LogP contribution in [0, 0.1) is 0 Å². The molecule has 27 heavy (non-hydrogen) atoms. The molecule has 10 heteroatoms. The number of nitrogens with one attached hydrogen (secondary N) is 1. The van der Waals surface area contributed by atoms with Crippen molar-refractivity contribution in [1.82, 2.24) is 5.09 Å². The Hall–Kier alpha value is -0.960. The van der Waals surface area contributed by atoms with Gasteiger partial charge in [0.15, 0.2) is 6.29 Å². The van der Waals surface area contributed by atoms with E-state index in [1.807, 2.05) is 13.8 Å². The molecule has 8 nitrogen and oxygen atoms in total. The second-order valence-corrected chi connectivity index (χ2v) is 8.60. The van der Waals surface area contributed by atoms with Crippen molar-refractivity contribution < 1.29 is 32.6 Å². The van der Waals surface area contributed by atoms with Gasteiger partial charge >= 0.3 is 13.7 Å². The molecule has 1 unspecified atom stereocenters. The quantitative estimate of drug-likeness (QED) is 0.391. The highest BCUT2D eigenvalue weighted by atomic mass is 79.9. The third-order valence-corrected chi connectivity index (χ3v) is 5.57. The molecule has 0 saturated carbocycles. The number of benzene rings is 1. The molecule has 1 N–H and O–H groups in total. The second kappa shape index (κ2) is 11.1. The van der Waals surface area contributed by atoms with E-state index in [1.54, 1.807) is 24.3 Å². The summed E-state index contributed by atoms with van der Waals surface area (Å²) in [7, 11) is -3.85. The van der Waals surface area contributed by atoms with Gasteiger partial charge < -0.3 is 18.7 Å². The van der Waals surface area contributed by atoms with E-state index in [9.17, 15) is 9.36 Å². The minimum absolute atomic E-state index is 0.0951. The van der Waals surface area contributed by atoms with Crippen LogP contribution in [0.3, 0.4) is 0 Å². The molecule has 1 aliphatic heterocycles. The van der Waals surface area contributed by atoms with Gasteiger partial charge in [-0.3, -0.25) is 9.32 Å². The van der Waals surface area contributed by atoms with E-state index in [2.05, 4.69) is 21.0 Å².